The number of nitrogens with one attached hydrogen (secondary N) is 1. The van der Waals surface area contributed by atoms with Crippen molar-refractivity contribution < 1.29 is 4.79 Å². The van der Waals surface area contributed by atoms with Gasteiger partial charge in [0, 0.05) is 49.6 Å². The van der Waals surface area contributed by atoms with Crippen LogP contribution in [0.4, 0.5) is 0 Å². The van der Waals surface area contributed by atoms with Crippen molar-refractivity contribution in [1.82, 2.24) is 24.6 Å². The van der Waals surface area contributed by atoms with Crippen molar-refractivity contribution >= 4 is 16.8 Å². The Hall–Kier alpha value is -3.41. The molecule has 0 atom stereocenters. The van der Waals surface area contributed by atoms with Crippen molar-refractivity contribution in [3.63, 3.8) is 0 Å². The maximum Gasteiger partial charge on any atom is 0.256 e. The molecule has 1 N–H and O–H groups in total. The lowest BCUT2D eigenvalue weighted by molar-refractivity contribution is 0.0760. The minimum absolute atomic E-state index is 0.0759. The monoisotopic (exact) mass is 385 g/mol. The molecule has 0 saturated carbocycles. The number of amides is 1. The van der Waals surface area contributed by atoms with Gasteiger partial charge in [-0.2, -0.15) is 0 Å². The second-order valence-corrected chi connectivity index (χ2v) is 7.46. The number of aryl methyl sites for hydroxylation is 2. The minimum Gasteiger partial charge on any atom is -0.360 e. The van der Waals surface area contributed by atoms with Gasteiger partial charge in [-0.25, -0.2) is 0 Å². The van der Waals surface area contributed by atoms with E-state index in [0.717, 1.165) is 53.9 Å². The first kappa shape index (κ1) is 17.7. The molecular weight excluding hydrogens is 362 g/mol. The Morgan fingerprint density at radius 1 is 0.931 bits per heavy atom. The first-order chi connectivity index (χ1) is 14.3. The number of H-pyrrole nitrogens is 1. The summed E-state index contributed by atoms with van der Waals surface area (Å²) >= 11 is 0. The predicted octanol–water partition coefficient (Wildman–Crippen LogP) is 3.24. The van der Waals surface area contributed by atoms with Gasteiger partial charge in [-0.1, -0.05) is 48.5 Å². The molecule has 0 radical (unpaired) electrons. The van der Waals surface area contributed by atoms with E-state index in [0.29, 0.717) is 13.1 Å². The van der Waals surface area contributed by atoms with E-state index in [9.17, 15) is 4.79 Å². The van der Waals surface area contributed by atoms with Crippen molar-refractivity contribution in [1.29, 1.82) is 0 Å². The zero-order chi connectivity index (χ0) is 19.6. The molecule has 0 fully saturated rings. The molecule has 6 nitrogen and oxygen atoms in total. The molecule has 6 heteroatoms. The average molecular weight is 385 g/mol. The average Bonchev–Trinajstić information content (AvgIpc) is 3.30. The quantitative estimate of drug-likeness (QED) is 0.586. The predicted molar refractivity (Wildman–Crippen MR) is 112 cm³/mol. The molecule has 2 aromatic carbocycles. The van der Waals surface area contributed by atoms with Crippen LogP contribution < -0.4 is 0 Å². The number of fused-ring (bicyclic) bond motifs is 2. The number of carbonyl (C=O) groups excluding carboxylic acids is 1. The summed E-state index contributed by atoms with van der Waals surface area (Å²) in [6, 6.07) is 18.4. The van der Waals surface area contributed by atoms with Crippen molar-refractivity contribution in [3.8, 4) is 0 Å². The highest BCUT2D eigenvalue weighted by Crippen LogP contribution is 2.21. The second-order valence-electron chi connectivity index (χ2n) is 7.46. The van der Waals surface area contributed by atoms with Crippen LogP contribution in [0.3, 0.4) is 0 Å². The number of nitrogens with zero attached hydrogens (tertiary/aromatic N) is 4. The third-order valence-electron chi connectivity index (χ3n) is 5.69. The van der Waals surface area contributed by atoms with Crippen LogP contribution >= 0.6 is 0 Å². The van der Waals surface area contributed by atoms with Crippen LogP contribution in [0.25, 0.3) is 10.9 Å². The van der Waals surface area contributed by atoms with E-state index in [1.54, 1.807) is 0 Å². The number of benzene rings is 2. The van der Waals surface area contributed by atoms with Crippen LogP contribution in [-0.4, -0.2) is 43.6 Å². The summed E-state index contributed by atoms with van der Waals surface area (Å²) in [5, 5.41) is 9.80. The lowest BCUT2D eigenvalue weighted by atomic mass is 10.1. The summed E-state index contributed by atoms with van der Waals surface area (Å²) in [5.41, 5.74) is 3.03. The lowest BCUT2D eigenvalue weighted by Gasteiger charge is -2.19. The smallest absolute Gasteiger partial charge is 0.256 e. The van der Waals surface area contributed by atoms with Gasteiger partial charge in [0.15, 0.2) is 0 Å². The first-order valence-electron chi connectivity index (χ1n) is 10.1. The van der Waals surface area contributed by atoms with E-state index in [2.05, 4.69) is 44.0 Å². The lowest BCUT2D eigenvalue weighted by Crippen LogP contribution is -2.33. The fraction of sp³-hybridized carbons (Fsp3) is 0.261. The molecule has 29 heavy (non-hydrogen) atoms. The maximum atomic E-state index is 13.2. The summed E-state index contributed by atoms with van der Waals surface area (Å²) in [6.45, 7) is 2.07. The van der Waals surface area contributed by atoms with Gasteiger partial charge in [-0.15, -0.1) is 10.2 Å². The van der Waals surface area contributed by atoms with Gasteiger partial charge < -0.3 is 14.5 Å². The third-order valence-corrected chi connectivity index (χ3v) is 5.69. The standard InChI is InChI=1S/C23H23N5O/c29-23(19-16-24-20-9-5-4-8-18(19)20)27-13-12-22-26-25-21(28(22)15-14-27)11-10-17-6-2-1-3-7-17/h1-9,16,24H,10-15H2. The van der Waals surface area contributed by atoms with E-state index in [1.165, 1.54) is 5.56 Å². The maximum absolute atomic E-state index is 13.2. The number of hydrogen-bond acceptors (Lipinski definition) is 3. The molecule has 0 spiro atoms. The molecule has 2 aromatic heterocycles. The van der Waals surface area contributed by atoms with Gasteiger partial charge in [-0.05, 0) is 18.1 Å². The zero-order valence-corrected chi connectivity index (χ0v) is 16.2. The SMILES string of the molecule is O=C(c1c[nH]c2ccccc12)N1CCc2nnc(CCc3ccccc3)n2CC1. The van der Waals surface area contributed by atoms with E-state index in [4.69, 9.17) is 0 Å². The first-order valence-corrected chi connectivity index (χ1v) is 10.1. The largest absolute Gasteiger partial charge is 0.360 e. The van der Waals surface area contributed by atoms with Crippen molar-refractivity contribution in [2.24, 2.45) is 0 Å². The van der Waals surface area contributed by atoms with E-state index >= 15 is 0 Å². The van der Waals surface area contributed by atoms with Gasteiger partial charge in [0.05, 0.1) is 5.56 Å². The molecule has 3 heterocycles. The summed E-state index contributed by atoms with van der Waals surface area (Å²) < 4.78 is 2.20. The molecule has 0 bridgehead atoms. The normalized spacial score (nSPS) is 14.0. The second kappa shape index (κ2) is 7.54. The Bertz CT molecular complexity index is 1140. The Balaban J connectivity index is 1.30. The van der Waals surface area contributed by atoms with Crippen LogP contribution in [0.15, 0.2) is 60.8 Å². The number of hydrogen-bond donors (Lipinski definition) is 1. The zero-order valence-electron chi connectivity index (χ0n) is 16.2. The highest BCUT2D eigenvalue weighted by atomic mass is 16.2. The fourth-order valence-electron chi connectivity index (χ4n) is 4.09. The molecule has 0 saturated heterocycles. The van der Waals surface area contributed by atoms with E-state index in [1.807, 2.05) is 41.4 Å². The summed E-state index contributed by atoms with van der Waals surface area (Å²) in [4.78, 5) is 18.3. The molecule has 0 unspecified atom stereocenters. The number of aromatic amines is 1. The van der Waals surface area contributed by atoms with E-state index < -0.39 is 0 Å². The van der Waals surface area contributed by atoms with Crippen LogP contribution in [0.2, 0.25) is 0 Å². The molecule has 146 valence electrons. The highest BCUT2D eigenvalue weighted by molar-refractivity contribution is 6.06. The van der Waals surface area contributed by atoms with Crippen LogP contribution in [-0.2, 0) is 25.8 Å². The van der Waals surface area contributed by atoms with Crippen molar-refractivity contribution in [3.05, 3.63) is 83.6 Å². The van der Waals surface area contributed by atoms with Crippen LogP contribution in [0.5, 0.6) is 0 Å². The topological polar surface area (TPSA) is 66.8 Å². The van der Waals surface area contributed by atoms with Crippen molar-refractivity contribution in [2.45, 2.75) is 25.8 Å². The molecule has 0 aliphatic carbocycles. The van der Waals surface area contributed by atoms with Gasteiger partial charge in [0.1, 0.15) is 11.6 Å². The highest BCUT2D eigenvalue weighted by Gasteiger charge is 2.24. The van der Waals surface area contributed by atoms with Gasteiger partial charge >= 0.3 is 0 Å². The third kappa shape index (κ3) is 3.42. The number of aromatic nitrogens is 4. The van der Waals surface area contributed by atoms with E-state index in [-0.39, 0.29) is 5.91 Å². The Kier molecular flexibility index (Phi) is 4.60. The molecule has 5 rings (SSSR count). The van der Waals surface area contributed by atoms with Gasteiger partial charge in [0.2, 0.25) is 0 Å². The van der Waals surface area contributed by atoms with Gasteiger partial charge in [0.25, 0.3) is 5.91 Å². The Morgan fingerprint density at radius 2 is 1.76 bits per heavy atom. The van der Waals surface area contributed by atoms with Crippen molar-refractivity contribution in [2.75, 3.05) is 13.1 Å². The minimum atomic E-state index is 0.0759. The number of carbonyl (C=O) groups is 1. The molecular formula is C23H23N5O. The number of para-hydroxylation sites is 1. The fourth-order valence-corrected chi connectivity index (χ4v) is 4.09. The summed E-state index contributed by atoms with van der Waals surface area (Å²) in [7, 11) is 0. The molecule has 1 amide bonds. The molecule has 1 aliphatic heterocycles. The van der Waals surface area contributed by atoms with Crippen LogP contribution in [0, 0.1) is 0 Å². The Labute approximate surface area is 169 Å². The summed E-state index contributed by atoms with van der Waals surface area (Å²) in [6.07, 6.45) is 4.35. The van der Waals surface area contributed by atoms with Crippen LogP contribution in [0.1, 0.15) is 27.6 Å². The molecule has 1 aliphatic rings. The summed E-state index contributed by atoms with van der Waals surface area (Å²) in [5.74, 6) is 2.06. The Morgan fingerprint density at radius 3 is 2.66 bits per heavy atom. The molecule has 4 aromatic rings. The van der Waals surface area contributed by atoms with Gasteiger partial charge in [-0.3, -0.25) is 4.79 Å². The number of rotatable bonds is 4.